The molecule has 0 aliphatic rings. The van der Waals surface area contributed by atoms with Crippen molar-refractivity contribution in [3.05, 3.63) is 73.8 Å². The number of amides is 1. The summed E-state index contributed by atoms with van der Waals surface area (Å²) in [6, 6.07) is 4.81. The molecule has 0 fully saturated rings. The van der Waals surface area contributed by atoms with E-state index in [1.165, 1.54) is 45.2 Å². The summed E-state index contributed by atoms with van der Waals surface area (Å²) in [5.74, 6) is -0.231. The van der Waals surface area contributed by atoms with Gasteiger partial charge in [-0.05, 0) is 31.5 Å². The zero-order valence-corrected chi connectivity index (χ0v) is 18.5. The molecule has 33 heavy (non-hydrogen) atoms. The summed E-state index contributed by atoms with van der Waals surface area (Å²) in [6.45, 7) is 4.10. The molecule has 1 aromatic carbocycles. The number of thiazole rings is 1. The lowest BCUT2D eigenvalue weighted by Crippen LogP contribution is -2.27. The molecule has 12 heteroatoms. The Morgan fingerprint density at radius 3 is 2.73 bits per heavy atom. The van der Waals surface area contributed by atoms with Crippen LogP contribution in [0.4, 0.5) is 13.2 Å². The minimum Gasteiger partial charge on any atom is -0.349 e. The summed E-state index contributed by atoms with van der Waals surface area (Å²) < 4.78 is 41.6. The van der Waals surface area contributed by atoms with Gasteiger partial charge in [-0.3, -0.25) is 14.2 Å². The van der Waals surface area contributed by atoms with Crippen LogP contribution in [-0.4, -0.2) is 36.8 Å². The number of aryl methyl sites for hydroxylation is 2. The summed E-state index contributed by atoms with van der Waals surface area (Å²) in [6.07, 6.45) is -1.81. The Balaban J connectivity index is 1.47. The lowest BCUT2D eigenvalue weighted by atomic mass is 10.1. The highest BCUT2D eigenvalue weighted by molar-refractivity contribution is 7.13. The van der Waals surface area contributed by atoms with E-state index in [-0.39, 0.29) is 30.9 Å². The Morgan fingerprint density at radius 2 is 2.03 bits per heavy atom. The van der Waals surface area contributed by atoms with E-state index in [1.54, 1.807) is 6.92 Å². The predicted molar refractivity (Wildman–Crippen MR) is 116 cm³/mol. The first-order chi connectivity index (χ1) is 15.6. The van der Waals surface area contributed by atoms with Gasteiger partial charge in [-0.2, -0.15) is 18.3 Å². The molecule has 4 rings (SSSR count). The van der Waals surface area contributed by atoms with Crippen molar-refractivity contribution >= 4 is 28.3 Å². The number of aromatic nitrogens is 5. The largest absolute Gasteiger partial charge is 0.416 e. The first-order valence-electron chi connectivity index (χ1n) is 9.93. The third-order valence-electron chi connectivity index (χ3n) is 4.95. The molecule has 0 saturated carbocycles. The third-order valence-corrected chi connectivity index (χ3v) is 6.02. The monoisotopic (exact) mass is 476 g/mol. The Kier molecular flexibility index (Phi) is 6.02. The molecule has 4 aromatic rings. The van der Waals surface area contributed by atoms with E-state index < -0.39 is 17.3 Å². The third kappa shape index (κ3) is 4.80. The molecule has 0 radical (unpaired) electrons. The molecule has 0 atom stereocenters. The number of hydrogen-bond donors (Lipinski definition) is 1. The van der Waals surface area contributed by atoms with Gasteiger partial charge in [0, 0.05) is 6.54 Å². The van der Waals surface area contributed by atoms with Gasteiger partial charge in [0.15, 0.2) is 5.65 Å². The lowest BCUT2D eigenvalue weighted by molar-refractivity contribution is -0.137. The van der Waals surface area contributed by atoms with Gasteiger partial charge in [-0.25, -0.2) is 14.6 Å². The van der Waals surface area contributed by atoms with Crippen LogP contribution in [0.25, 0.3) is 11.0 Å². The SMILES string of the molecule is Cc1nc(C)c(C(=O)NCCn2ncc3c(=O)n(Cc4cccc(C(F)(F)F)c4)cnc32)s1. The number of carbonyl (C=O) groups is 1. The van der Waals surface area contributed by atoms with E-state index in [0.717, 1.165) is 17.1 Å². The minimum atomic E-state index is -4.46. The number of alkyl halides is 3. The first kappa shape index (κ1) is 22.6. The fraction of sp³-hybridized carbons (Fsp3) is 0.286. The van der Waals surface area contributed by atoms with Crippen LogP contribution < -0.4 is 10.9 Å². The van der Waals surface area contributed by atoms with Crippen molar-refractivity contribution in [3.63, 3.8) is 0 Å². The zero-order chi connectivity index (χ0) is 23.8. The standard InChI is InChI=1S/C21H19F3N6O2S/c1-12-17(33-13(2)28-12)19(31)25-6-7-30-18-16(9-27-30)20(32)29(11-26-18)10-14-4-3-5-15(8-14)21(22,23)24/h3-5,8-9,11H,6-7,10H2,1-2H3,(H,25,31). The lowest BCUT2D eigenvalue weighted by Gasteiger charge is -2.10. The molecule has 1 N–H and O–H groups in total. The van der Waals surface area contributed by atoms with Crippen molar-refractivity contribution in [2.75, 3.05) is 6.54 Å². The summed E-state index contributed by atoms with van der Waals surface area (Å²) >= 11 is 1.31. The number of benzene rings is 1. The Labute approximate surface area is 189 Å². The van der Waals surface area contributed by atoms with E-state index in [0.29, 0.717) is 21.8 Å². The molecule has 1 amide bonds. The summed E-state index contributed by atoms with van der Waals surface area (Å²) in [7, 11) is 0. The summed E-state index contributed by atoms with van der Waals surface area (Å²) in [5, 5.41) is 8.02. The van der Waals surface area contributed by atoms with Gasteiger partial charge in [0.05, 0.1) is 35.6 Å². The second kappa shape index (κ2) is 8.77. The van der Waals surface area contributed by atoms with Crippen molar-refractivity contribution in [3.8, 4) is 0 Å². The van der Waals surface area contributed by atoms with Crippen molar-refractivity contribution in [1.82, 2.24) is 29.6 Å². The quantitative estimate of drug-likeness (QED) is 0.461. The Bertz CT molecular complexity index is 1390. The van der Waals surface area contributed by atoms with Gasteiger partial charge < -0.3 is 5.32 Å². The van der Waals surface area contributed by atoms with Gasteiger partial charge in [-0.15, -0.1) is 11.3 Å². The van der Waals surface area contributed by atoms with Crippen molar-refractivity contribution in [1.29, 1.82) is 0 Å². The number of nitrogens with zero attached hydrogens (tertiary/aromatic N) is 5. The van der Waals surface area contributed by atoms with E-state index in [2.05, 4.69) is 20.4 Å². The number of fused-ring (bicyclic) bond motifs is 1. The maximum Gasteiger partial charge on any atom is 0.416 e. The van der Waals surface area contributed by atoms with Gasteiger partial charge >= 0.3 is 6.18 Å². The van der Waals surface area contributed by atoms with Crippen LogP contribution in [0.1, 0.15) is 31.5 Å². The average Bonchev–Trinajstić information content (AvgIpc) is 3.32. The Morgan fingerprint density at radius 1 is 1.24 bits per heavy atom. The van der Waals surface area contributed by atoms with Crippen LogP contribution in [-0.2, 0) is 19.3 Å². The molecule has 172 valence electrons. The molecule has 8 nitrogen and oxygen atoms in total. The molecule has 0 aliphatic heterocycles. The van der Waals surface area contributed by atoms with Gasteiger partial charge in [0.1, 0.15) is 16.6 Å². The highest BCUT2D eigenvalue weighted by atomic mass is 32.1. The molecular weight excluding hydrogens is 457 g/mol. The van der Waals surface area contributed by atoms with E-state index in [1.807, 2.05) is 6.92 Å². The molecule has 3 heterocycles. The summed E-state index contributed by atoms with van der Waals surface area (Å²) in [4.78, 5) is 34.2. The van der Waals surface area contributed by atoms with Gasteiger partial charge in [0.25, 0.3) is 11.5 Å². The number of carbonyl (C=O) groups excluding carboxylic acids is 1. The van der Waals surface area contributed by atoms with Crippen LogP contribution in [0.3, 0.4) is 0 Å². The smallest absolute Gasteiger partial charge is 0.349 e. The first-order valence-corrected chi connectivity index (χ1v) is 10.7. The van der Waals surface area contributed by atoms with Crippen molar-refractivity contribution in [2.45, 2.75) is 33.1 Å². The molecule has 0 bridgehead atoms. The van der Waals surface area contributed by atoms with Crippen LogP contribution in [0.5, 0.6) is 0 Å². The molecule has 0 unspecified atom stereocenters. The topological polar surface area (TPSA) is 94.7 Å². The number of hydrogen-bond acceptors (Lipinski definition) is 6. The molecule has 3 aromatic heterocycles. The van der Waals surface area contributed by atoms with E-state index in [4.69, 9.17) is 0 Å². The second-order valence-electron chi connectivity index (χ2n) is 7.38. The molecule has 0 saturated heterocycles. The maximum atomic E-state index is 12.9. The van der Waals surface area contributed by atoms with Gasteiger partial charge in [0.2, 0.25) is 0 Å². The average molecular weight is 476 g/mol. The highest BCUT2D eigenvalue weighted by Crippen LogP contribution is 2.29. The zero-order valence-electron chi connectivity index (χ0n) is 17.7. The second-order valence-corrected chi connectivity index (χ2v) is 8.59. The Hall–Kier alpha value is -3.54. The van der Waals surface area contributed by atoms with Crippen molar-refractivity contribution in [2.24, 2.45) is 0 Å². The number of halogens is 3. The fourth-order valence-corrected chi connectivity index (χ4v) is 4.25. The van der Waals surface area contributed by atoms with Crippen LogP contribution >= 0.6 is 11.3 Å². The number of rotatable bonds is 6. The van der Waals surface area contributed by atoms with E-state index >= 15 is 0 Å². The van der Waals surface area contributed by atoms with Crippen LogP contribution in [0.2, 0.25) is 0 Å². The predicted octanol–water partition coefficient (Wildman–Crippen LogP) is 3.16. The minimum absolute atomic E-state index is 0.0550. The number of nitrogens with one attached hydrogen (secondary N) is 1. The van der Waals surface area contributed by atoms with Crippen molar-refractivity contribution < 1.29 is 18.0 Å². The maximum absolute atomic E-state index is 12.9. The molecular formula is C21H19F3N6O2S. The molecule has 0 aliphatic carbocycles. The highest BCUT2D eigenvalue weighted by Gasteiger charge is 2.30. The molecule has 0 spiro atoms. The fourth-order valence-electron chi connectivity index (χ4n) is 3.41. The van der Waals surface area contributed by atoms with Gasteiger partial charge in [-0.1, -0.05) is 12.1 Å². The van der Waals surface area contributed by atoms with Crippen LogP contribution in [0.15, 0.2) is 41.6 Å². The van der Waals surface area contributed by atoms with E-state index in [9.17, 15) is 22.8 Å². The summed E-state index contributed by atoms with van der Waals surface area (Å²) in [5.41, 5.74) is 0.141. The normalized spacial score (nSPS) is 11.8. The van der Waals surface area contributed by atoms with Crippen LogP contribution in [0, 0.1) is 13.8 Å².